The highest BCUT2D eigenvalue weighted by atomic mass is 16.5. The lowest BCUT2D eigenvalue weighted by molar-refractivity contribution is 0.394. The van der Waals surface area contributed by atoms with Crippen LogP contribution < -0.4 is 10.1 Å². The van der Waals surface area contributed by atoms with Gasteiger partial charge < -0.3 is 10.1 Å². The Morgan fingerprint density at radius 1 is 1.05 bits per heavy atom. The summed E-state index contributed by atoms with van der Waals surface area (Å²) in [5, 5.41) is 3.40. The molecule has 0 saturated heterocycles. The number of nitrogens with zero attached hydrogens (tertiary/aromatic N) is 2. The van der Waals surface area contributed by atoms with Gasteiger partial charge in [-0.1, -0.05) is 44.2 Å². The minimum atomic E-state index is 0.177. The van der Waals surface area contributed by atoms with E-state index >= 15 is 0 Å². The molecule has 1 atom stereocenters. The van der Waals surface area contributed by atoms with Gasteiger partial charge in [-0.15, -0.1) is 0 Å². The van der Waals surface area contributed by atoms with Crippen molar-refractivity contribution in [3.63, 3.8) is 0 Å². The average Bonchev–Trinajstić information content (AvgIpc) is 2.47. The van der Waals surface area contributed by atoms with E-state index in [-0.39, 0.29) is 12.0 Å². The molecule has 1 unspecified atom stereocenters. The van der Waals surface area contributed by atoms with E-state index in [0.717, 1.165) is 11.6 Å². The molecule has 2 aromatic rings. The molecule has 106 valence electrons. The van der Waals surface area contributed by atoms with Crippen LogP contribution >= 0.6 is 0 Å². The first-order chi connectivity index (χ1) is 9.60. The zero-order valence-electron chi connectivity index (χ0n) is 12.4. The van der Waals surface area contributed by atoms with Crippen LogP contribution in [0.1, 0.15) is 44.1 Å². The summed E-state index contributed by atoms with van der Waals surface area (Å²) in [6.07, 6.45) is 0. The van der Waals surface area contributed by atoms with Crippen LogP contribution in [0, 0.1) is 0 Å². The highest BCUT2D eigenvalue weighted by molar-refractivity contribution is 5.41. The second kappa shape index (κ2) is 6.37. The van der Waals surface area contributed by atoms with Crippen LogP contribution in [0.2, 0.25) is 0 Å². The average molecular weight is 271 g/mol. The Labute approximate surface area is 120 Å². The number of anilines is 1. The van der Waals surface area contributed by atoms with Crippen LogP contribution in [0.3, 0.4) is 0 Å². The fourth-order valence-corrected chi connectivity index (χ4v) is 1.93. The van der Waals surface area contributed by atoms with E-state index in [1.165, 1.54) is 5.56 Å². The van der Waals surface area contributed by atoms with E-state index < -0.39 is 0 Å². The standard InChI is InChI=1S/C16H21N3O/c1-11(2)16-18-14(10-15(19-16)20-4)17-12(3)13-8-6-5-7-9-13/h5-12H,1-4H3,(H,17,18,19). The first-order valence-electron chi connectivity index (χ1n) is 6.84. The molecule has 4 heteroatoms. The summed E-state index contributed by atoms with van der Waals surface area (Å²) in [6, 6.07) is 12.3. The van der Waals surface area contributed by atoms with E-state index in [2.05, 4.69) is 48.2 Å². The van der Waals surface area contributed by atoms with Crippen molar-refractivity contribution in [2.24, 2.45) is 0 Å². The molecule has 0 spiro atoms. The highest BCUT2D eigenvalue weighted by Gasteiger charge is 2.11. The molecule has 1 N–H and O–H groups in total. The molecule has 0 radical (unpaired) electrons. The molecule has 1 aromatic heterocycles. The minimum Gasteiger partial charge on any atom is -0.481 e. The van der Waals surface area contributed by atoms with Crippen molar-refractivity contribution in [2.45, 2.75) is 32.7 Å². The number of benzene rings is 1. The summed E-state index contributed by atoms with van der Waals surface area (Å²) < 4.78 is 5.24. The number of nitrogens with one attached hydrogen (secondary N) is 1. The molecule has 20 heavy (non-hydrogen) atoms. The second-order valence-corrected chi connectivity index (χ2v) is 5.09. The van der Waals surface area contributed by atoms with Gasteiger partial charge in [-0.2, -0.15) is 4.98 Å². The maximum Gasteiger partial charge on any atom is 0.218 e. The van der Waals surface area contributed by atoms with Crippen molar-refractivity contribution in [3.05, 3.63) is 47.8 Å². The van der Waals surface area contributed by atoms with E-state index in [4.69, 9.17) is 4.74 Å². The molecule has 0 fully saturated rings. The van der Waals surface area contributed by atoms with Crippen molar-refractivity contribution in [3.8, 4) is 5.88 Å². The van der Waals surface area contributed by atoms with Gasteiger partial charge in [-0.25, -0.2) is 4.98 Å². The monoisotopic (exact) mass is 271 g/mol. The number of aromatic nitrogens is 2. The molecule has 0 amide bonds. The molecule has 0 saturated carbocycles. The minimum absolute atomic E-state index is 0.177. The summed E-state index contributed by atoms with van der Waals surface area (Å²) in [5.74, 6) is 2.42. The van der Waals surface area contributed by atoms with Gasteiger partial charge in [0.2, 0.25) is 5.88 Å². The number of hydrogen-bond donors (Lipinski definition) is 1. The van der Waals surface area contributed by atoms with E-state index in [9.17, 15) is 0 Å². The number of rotatable bonds is 5. The zero-order chi connectivity index (χ0) is 14.5. The van der Waals surface area contributed by atoms with Crippen LogP contribution in [0.15, 0.2) is 36.4 Å². The largest absolute Gasteiger partial charge is 0.481 e. The molecule has 1 heterocycles. The van der Waals surface area contributed by atoms with Crippen LogP contribution in [0.4, 0.5) is 5.82 Å². The van der Waals surface area contributed by atoms with Crippen LogP contribution in [0.5, 0.6) is 5.88 Å². The molecule has 0 aliphatic rings. The predicted molar refractivity (Wildman–Crippen MR) is 81.2 cm³/mol. The van der Waals surface area contributed by atoms with Gasteiger partial charge in [-0.05, 0) is 12.5 Å². The molecular formula is C16H21N3O. The normalized spacial score (nSPS) is 12.2. The topological polar surface area (TPSA) is 47.0 Å². The van der Waals surface area contributed by atoms with Gasteiger partial charge in [-0.3, -0.25) is 0 Å². The highest BCUT2D eigenvalue weighted by Crippen LogP contribution is 2.22. The van der Waals surface area contributed by atoms with Gasteiger partial charge in [0, 0.05) is 18.0 Å². The summed E-state index contributed by atoms with van der Waals surface area (Å²) in [5.41, 5.74) is 1.22. The van der Waals surface area contributed by atoms with Crippen LogP contribution in [0.25, 0.3) is 0 Å². The quantitative estimate of drug-likeness (QED) is 0.899. The molecule has 1 aromatic carbocycles. The maximum absolute atomic E-state index is 5.24. The lowest BCUT2D eigenvalue weighted by atomic mass is 10.1. The van der Waals surface area contributed by atoms with Gasteiger partial charge in [0.25, 0.3) is 0 Å². The first kappa shape index (κ1) is 14.3. The second-order valence-electron chi connectivity index (χ2n) is 5.09. The third-order valence-electron chi connectivity index (χ3n) is 3.11. The van der Waals surface area contributed by atoms with Crippen molar-refractivity contribution >= 4 is 5.82 Å². The van der Waals surface area contributed by atoms with Crippen LogP contribution in [-0.4, -0.2) is 17.1 Å². The van der Waals surface area contributed by atoms with Crippen molar-refractivity contribution in [1.29, 1.82) is 0 Å². The number of methoxy groups -OCH3 is 1. The van der Waals surface area contributed by atoms with Crippen molar-refractivity contribution in [2.75, 3.05) is 12.4 Å². The Balaban J connectivity index is 2.22. The number of ether oxygens (including phenoxy) is 1. The third kappa shape index (κ3) is 3.47. The summed E-state index contributed by atoms with van der Waals surface area (Å²) in [6.45, 7) is 6.25. The van der Waals surface area contributed by atoms with E-state index in [1.54, 1.807) is 7.11 Å². The molecule has 0 aliphatic heterocycles. The molecular weight excluding hydrogens is 250 g/mol. The Morgan fingerprint density at radius 3 is 2.35 bits per heavy atom. The van der Waals surface area contributed by atoms with Gasteiger partial charge in [0.15, 0.2) is 0 Å². The molecule has 4 nitrogen and oxygen atoms in total. The summed E-state index contributed by atoms with van der Waals surface area (Å²) >= 11 is 0. The van der Waals surface area contributed by atoms with E-state index in [0.29, 0.717) is 5.88 Å². The lowest BCUT2D eigenvalue weighted by Crippen LogP contribution is -2.10. The Hall–Kier alpha value is -2.10. The Kier molecular flexibility index (Phi) is 4.56. The number of hydrogen-bond acceptors (Lipinski definition) is 4. The SMILES string of the molecule is COc1cc(NC(C)c2ccccc2)nc(C(C)C)n1. The van der Waals surface area contributed by atoms with Gasteiger partial charge in [0.1, 0.15) is 11.6 Å². The van der Waals surface area contributed by atoms with Crippen molar-refractivity contribution < 1.29 is 4.74 Å². The van der Waals surface area contributed by atoms with E-state index in [1.807, 2.05) is 24.3 Å². The molecule has 0 aliphatic carbocycles. The fourth-order valence-electron chi connectivity index (χ4n) is 1.93. The maximum atomic E-state index is 5.24. The van der Waals surface area contributed by atoms with Gasteiger partial charge in [0.05, 0.1) is 7.11 Å². The Morgan fingerprint density at radius 2 is 1.75 bits per heavy atom. The smallest absolute Gasteiger partial charge is 0.218 e. The molecule has 2 rings (SSSR count). The Bertz CT molecular complexity index is 555. The zero-order valence-corrected chi connectivity index (χ0v) is 12.4. The van der Waals surface area contributed by atoms with Crippen LogP contribution in [-0.2, 0) is 0 Å². The van der Waals surface area contributed by atoms with Crippen molar-refractivity contribution in [1.82, 2.24) is 9.97 Å². The third-order valence-corrected chi connectivity index (χ3v) is 3.11. The fraction of sp³-hybridized carbons (Fsp3) is 0.375. The molecule has 0 bridgehead atoms. The summed E-state index contributed by atoms with van der Waals surface area (Å²) in [7, 11) is 1.62. The summed E-state index contributed by atoms with van der Waals surface area (Å²) in [4.78, 5) is 8.90. The lowest BCUT2D eigenvalue weighted by Gasteiger charge is -2.16. The van der Waals surface area contributed by atoms with Gasteiger partial charge >= 0.3 is 0 Å². The first-order valence-corrected chi connectivity index (χ1v) is 6.84. The predicted octanol–water partition coefficient (Wildman–Crippen LogP) is 3.78.